The molecule has 0 heterocycles. The second-order valence-corrected chi connectivity index (χ2v) is 21.5. The molecule has 0 N–H and O–H groups in total. The summed E-state index contributed by atoms with van der Waals surface area (Å²) < 4.78 is 0. The van der Waals surface area contributed by atoms with Crippen LogP contribution in [0.25, 0.3) is 66.8 Å². The molecule has 122 heavy (non-hydrogen) atoms. The summed E-state index contributed by atoms with van der Waals surface area (Å²) in [6.45, 7) is 92.2. The lowest BCUT2D eigenvalue weighted by atomic mass is 9.70. The van der Waals surface area contributed by atoms with Crippen LogP contribution in [0.2, 0.25) is 0 Å². The summed E-state index contributed by atoms with van der Waals surface area (Å²) in [6.07, 6.45) is 1.25. The van der Waals surface area contributed by atoms with Crippen molar-refractivity contribution < 1.29 is 0 Å². The highest BCUT2D eigenvalue weighted by Gasteiger charge is 2.54. The molecule has 0 bridgehead atoms. The van der Waals surface area contributed by atoms with Crippen molar-refractivity contribution in [2.75, 3.05) is 0 Å². The van der Waals surface area contributed by atoms with E-state index in [1.807, 2.05) is 305 Å². The molecule has 18 rings (SSSR count). The van der Waals surface area contributed by atoms with Gasteiger partial charge in [0.1, 0.15) is 0 Å². The zero-order chi connectivity index (χ0) is 96.0. The van der Waals surface area contributed by atoms with Gasteiger partial charge in [0.05, 0.1) is 16.2 Å². The number of benzene rings is 12. The zero-order valence-corrected chi connectivity index (χ0v) is 87.9. The van der Waals surface area contributed by atoms with Crippen LogP contribution in [0.5, 0.6) is 0 Å². The molecule has 12 aromatic rings. The predicted octanol–water partition coefficient (Wildman–Crippen LogP) is 42.1. The Bertz CT molecular complexity index is 3350. The van der Waals surface area contributed by atoms with E-state index in [0.29, 0.717) is 0 Å². The molecule has 0 amide bonds. The fraction of sp³-hybridized carbons (Fsp3) is 0.410. The van der Waals surface area contributed by atoms with Gasteiger partial charge in [-0.25, -0.2) is 0 Å². The summed E-state index contributed by atoms with van der Waals surface area (Å²) >= 11 is 0. The first kappa shape index (κ1) is 128. The molecule has 12 aromatic carbocycles. The van der Waals surface area contributed by atoms with Crippen molar-refractivity contribution in [1.82, 2.24) is 0 Å². The average molecular weight is 1650 g/mol. The van der Waals surface area contributed by atoms with Gasteiger partial charge in [-0.1, -0.05) is 616 Å². The minimum Gasteiger partial charge on any atom is -0.0683 e. The van der Waals surface area contributed by atoms with Crippen molar-refractivity contribution in [3.8, 4) is 66.8 Å². The van der Waals surface area contributed by atoms with Crippen molar-refractivity contribution in [3.05, 3.63) is 358 Å². The van der Waals surface area contributed by atoms with Crippen molar-refractivity contribution in [2.24, 2.45) is 0 Å². The number of fused-ring (bicyclic) bond motifs is 30. The molecule has 0 atom stereocenters. The number of hydrogen-bond acceptors (Lipinski definition) is 0. The van der Waals surface area contributed by atoms with Gasteiger partial charge in [0.2, 0.25) is 0 Å². The Hall–Kier alpha value is -9.36. The summed E-state index contributed by atoms with van der Waals surface area (Å²) in [5.74, 6) is 0. The predicted molar refractivity (Wildman–Crippen MR) is 574 cm³/mol. The Morgan fingerprint density at radius 3 is 0.213 bits per heavy atom. The lowest BCUT2D eigenvalue weighted by Crippen LogP contribution is -2.25. The second-order valence-electron chi connectivity index (χ2n) is 21.5. The molecule has 0 saturated carbocycles. The van der Waals surface area contributed by atoms with Crippen LogP contribution in [0.4, 0.5) is 0 Å². The molecule has 0 aliphatic heterocycles. The van der Waals surface area contributed by atoms with Crippen molar-refractivity contribution in [2.45, 2.75) is 341 Å². The standard InChI is InChI=1S/3C25H16.C3H8.22C2H6/c3*1-5-13-21-17(9-1)18-10-2-6-14-22(18)25(21)23-15-7-3-11-19(23)20-12-4-8-16-24(20)25;1-3-2;22*1-2/h3*1-16H;3H2,1-2H3;22*1-2H3. The molecule has 0 radical (unpaired) electrons. The average Bonchev–Trinajstić information content (AvgIpc) is 1.53. The Balaban J connectivity index is -0.000000214. The van der Waals surface area contributed by atoms with E-state index in [2.05, 4.69) is 305 Å². The minimum atomic E-state index is -0.180. The third-order valence-electron chi connectivity index (χ3n) is 17.7. The quantitative estimate of drug-likeness (QED) is 0.142. The van der Waals surface area contributed by atoms with Gasteiger partial charge in [0.15, 0.2) is 0 Å². The molecule has 0 fully saturated rings. The molecule has 0 heteroatoms. The largest absolute Gasteiger partial charge is 0.0725 e. The van der Waals surface area contributed by atoms with Crippen molar-refractivity contribution >= 4 is 0 Å². The minimum absolute atomic E-state index is 0.180. The smallest absolute Gasteiger partial charge is 0.0683 e. The first-order valence-corrected chi connectivity index (χ1v) is 49.8. The summed E-state index contributed by atoms with van der Waals surface area (Å²) in [7, 11) is 0. The molecule has 6 aliphatic rings. The van der Waals surface area contributed by atoms with Gasteiger partial charge < -0.3 is 0 Å². The van der Waals surface area contributed by atoms with Gasteiger partial charge in [-0.05, 0) is 134 Å². The van der Waals surface area contributed by atoms with Crippen LogP contribution in [0.1, 0.15) is 392 Å². The third kappa shape index (κ3) is 27.8. The van der Waals surface area contributed by atoms with E-state index in [-0.39, 0.29) is 16.2 Å². The Morgan fingerprint density at radius 2 is 0.156 bits per heavy atom. The van der Waals surface area contributed by atoms with Gasteiger partial charge in [-0.15, -0.1) is 0 Å². The lowest BCUT2D eigenvalue weighted by Gasteiger charge is -2.30. The molecular formula is C122H188. The highest BCUT2D eigenvalue weighted by atomic mass is 14.5. The highest BCUT2D eigenvalue weighted by Crippen LogP contribution is 2.65. The molecule has 676 valence electrons. The summed E-state index contributed by atoms with van der Waals surface area (Å²) in [6, 6.07) is 107. The van der Waals surface area contributed by atoms with Crippen LogP contribution in [-0.4, -0.2) is 0 Å². The molecule has 0 saturated heterocycles. The fourth-order valence-electron chi connectivity index (χ4n) is 15.2. The van der Waals surface area contributed by atoms with Gasteiger partial charge in [0.25, 0.3) is 0 Å². The maximum absolute atomic E-state index is 2.31. The SMILES string of the molecule is CC.CC.CC.CC.CC.CC.CC.CC.CC.CC.CC.CC.CC.CC.CC.CC.CC.CC.CC.CC.CC.CC.CCC.c1ccc2c(c1)-c1ccccc1C21c2ccccc2-c2ccccc21.c1ccc2c(c1)-c1ccccc1C21c2ccccc2-c2ccccc21.c1ccc2c(c1)-c1ccccc1C21c2ccccc2-c2ccccc21. The van der Waals surface area contributed by atoms with Crippen LogP contribution in [0.3, 0.4) is 0 Å². The van der Waals surface area contributed by atoms with Crippen LogP contribution in [0, 0.1) is 0 Å². The summed E-state index contributed by atoms with van der Waals surface area (Å²) in [5, 5.41) is 0. The van der Waals surface area contributed by atoms with Crippen LogP contribution < -0.4 is 0 Å². The normalized spacial score (nSPS) is 10.3. The van der Waals surface area contributed by atoms with E-state index in [1.165, 1.54) is 140 Å². The van der Waals surface area contributed by atoms with Crippen molar-refractivity contribution in [3.63, 3.8) is 0 Å². The maximum Gasteiger partial charge on any atom is 0.0725 e. The van der Waals surface area contributed by atoms with E-state index in [9.17, 15) is 0 Å². The van der Waals surface area contributed by atoms with E-state index in [4.69, 9.17) is 0 Å². The van der Waals surface area contributed by atoms with Gasteiger partial charge in [-0.2, -0.15) is 0 Å². The lowest BCUT2D eigenvalue weighted by molar-refractivity contribution is 0.794. The Kier molecular flexibility index (Phi) is 85.5. The van der Waals surface area contributed by atoms with E-state index in [1.54, 1.807) is 0 Å². The van der Waals surface area contributed by atoms with E-state index in [0.717, 1.165) is 0 Å². The second kappa shape index (κ2) is 81.3. The maximum atomic E-state index is 2.31. The first-order chi connectivity index (χ1) is 60.7. The van der Waals surface area contributed by atoms with Crippen molar-refractivity contribution in [1.29, 1.82) is 0 Å². The third-order valence-corrected chi connectivity index (χ3v) is 17.7. The van der Waals surface area contributed by atoms with E-state index < -0.39 is 0 Å². The number of rotatable bonds is 0. The highest BCUT2D eigenvalue weighted by molar-refractivity contribution is 5.98. The molecule has 0 unspecified atom stereocenters. The van der Waals surface area contributed by atoms with Gasteiger partial charge >= 0.3 is 0 Å². The molecule has 0 nitrogen and oxygen atoms in total. The molecule has 6 aliphatic carbocycles. The molecule has 3 spiro atoms. The van der Waals surface area contributed by atoms with Crippen LogP contribution in [-0.2, 0) is 16.2 Å². The Morgan fingerprint density at radius 1 is 0.107 bits per heavy atom. The molecule has 0 aromatic heterocycles. The van der Waals surface area contributed by atoms with Gasteiger partial charge in [0, 0.05) is 0 Å². The molecular weight excluding hydrogens is 1470 g/mol. The van der Waals surface area contributed by atoms with Crippen LogP contribution >= 0.6 is 0 Å². The summed E-state index contributed by atoms with van der Waals surface area (Å²) in [5.41, 5.74) is 32.8. The number of hydrogen-bond donors (Lipinski definition) is 0. The van der Waals surface area contributed by atoms with Gasteiger partial charge in [-0.3, -0.25) is 0 Å². The summed E-state index contributed by atoms with van der Waals surface area (Å²) in [4.78, 5) is 0. The van der Waals surface area contributed by atoms with Crippen LogP contribution in [0.15, 0.2) is 291 Å². The topological polar surface area (TPSA) is 0 Å². The Labute approximate surface area is 760 Å². The first-order valence-electron chi connectivity index (χ1n) is 49.8. The monoisotopic (exact) mass is 1650 g/mol. The van der Waals surface area contributed by atoms with E-state index >= 15 is 0 Å². The fourth-order valence-corrected chi connectivity index (χ4v) is 15.2. The zero-order valence-electron chi connectivity index (χ0n) is 87.9.